The van der Waals surface area contributed by atoms with Crippen LogP contribution >= 0.6 is 0 Å². The predicted octanol–water partition coefficient (Wildman–Crippen LogP) is 2.28. The van der Waals surface area contributed by atoms with Crippen LogP contribution in [0.15, 0.2) is 0 Å². The Labute approximate surface area is 108 Å². The van der Waals surface area contributed by atoms with Crippen molar-refractivity contribution in [3.8, 4) is 0 Å². The van der Waals surface area contributed by atoms with E-state index >= 15 is 0 Å². The van der Waals surface area contributed by atoms with Gasteiger partial charge < -0.3 is 10.0 Å². The van der Waals surface area contributed by atoms with E-state index in [2.05, 4.69) is 0 Å². The third kappa shape index (κ3) is 5.07. The third-order valence-electron chi connectivity index (χ3n) is 3.74. The first kappa shape index (κ1) is 13.4. The minimum absolute atomic E-state index is 0.179. The Morgan fingerprint density at radius 3 is 1.89 bits per heavy atom. The maximum atomic E-state index is 12.1. The van der Waals surface area contributed by atoms with Gasteiger partial charge in [0, 0.05) is 25.9 Å². The molecule has 0 saturated heterocycles. The predicted molar refractivity (Wildman–Crippen MR) is 68.1 cm³/mol. The zero-order valence-electron chi connectivity index (χ0n) is 10.9. The van der Waals surface area contributed by atoms with E-state index in [9.17, 15) is 9.59 Å². The van der Waals surface area contributed by atoms with Crippen LogP contribution in [0, 0.1) is 11.8 Å². The van der Waals surface area contributed by atoms with Crippen LogP contribution in [0.1, 0.15) is 51.4 Å². The van der Waals surface area contributed by atoms with E-state index in [1.165, 1.54) is 25.7 Å². The zero-order valence-corrected chi connectivity index (χ0v) is 10.9. The molecule has 0 atom stereocenters. The van der Waals surface area contributed by atoms with Gasteiger partial charge in [0.2, 0.25) is 5.91 Å². The Balaban J connectivity index is 1.66. The molecule has 2 aliphatic rings. The molecule has 2 saturated carbocycles. The van der Waals surface area contributed by atoms with Crippen LogP contribution in [-0.2, 0) is 9.59 Å². The molecule has 0 aromatic carbocycles. The van der Waals surface area contributed by atoms with Gasteiger partial charge in [0.15, 0.2) is 0 Å². The number of carboxylic acid groups (broad SMARTS) is 1. The number of carbonyl (C=O) groups excluding carboxylic acids is 1. The molecule has 2 fully saturated rings. The first-order valence-corrected chi connectivity index (χ1v) is 7.14. The van der Waals surface area contributed by atoms with Gasteiger partial charge in [-0.1, -0.05) is 0 Å². The van der Waals surface area contributed by atoms with Crippen molar-refractivity contribution >= 4 is 11.9 Å². The largest absolute Gasteiger partial charge is 0.481 e. The average Bonchev–Trinajstić information content (AvgIpc) is 3.17. The summed E-state index contributed by atoms with van der Waals surface area (Å²) in [7, 11) is 0. The second kappa shape index (κ2) is 6.21. The van der Waals surface area contributed by atoms with Crippen LogP contribution in [0.2, 0.25) is 0 Å². The first-order chi connectivity index (χ1) is 8.65. The fraction of sp³-hybridized carbons (Fsp3) is 0.857. The highest BCUT2D eigenvalue weighted by Crippen LogP contribution is 2.34. The van der Waals surface area contributed by atoms with Crippen molar-refractivity contribution < 1.29 is 14.7 Å². The summed E-state index contributed by atoms with van der Waals surface area (Å²) in [6.07, 6.45) is 7.10. The van der Waals surface area contributed by atoms with Gasteiger partial charge >= 0.3 is 5.97 Å². The van der Waals surface area contributed by atoms with Gasteiger partial charge in [0.05, 0.1) is 0 Å². The lowest BCUT2D eigenvalue weighted by Crippen LogP contribution is -2.34. The lowest BCUT2D eigenvalue weighted by molar-refractivity contribution is -0.137. The molecule has 2 aliphatic carbocycles. The molecule has 2 rings (SSSR count). The molecule has 1 N–H and O–H groups in total. The average molecular weight is 253 g/mol. The van der Waals surface area contributed by atoms with Crippen LogP contribution in [0.3, 0.4) is 0 Å². The third-order valence-corrected chi connectivity index (χ3v) is 3.74. The molecule has 0 spiro atoms. The van der Waals surface area contributed by atoms with Gasteiger partial charge in [-0.2, -0.15) is 0 Å². The fourth-order valence-corrected chi connectivity index (χ4v) is 2.21. The van der Waals surface area contributed by atoms with Gasteiger partial charge in [0.25, 0.3) is 0 Å². The van der Waals surface area contributed by atoms with Crippen LogP contribution in [-0.4, -0.2) is 35.0 Å². The molecule has 102 valence electrons. The number of unbranched alkanes of at least 4 members (excludes halogenated alkanes) is 1. The lowest BCUT2D eigenvalue weighted by Gasteiger charge is -2.22. The van der Waals surface area contributed by atoms with Crippen molar-refractivity contribution in [2.45, 2.75) is 51.4 Å². The maximum absolute atomic E-state index is 12.1. The van der Waals surface area contributed by atoms with E-state index in [4.69, 9.17) is 5.11 Å². The molecular formula is C14H23NO3. The Bertz CT molecular complexity index is 294. The molecule has 0 bridgehead atoms. The lowest BCUT2D eigenvalue weighted by atomic mass is 10.1. The Hall–Kier alpha value is -1.06. The van der Waals surface area contributed by atoms with Crippen molar-refractivity contribution in [3.63, 3.8) is 0 Å². The Kier molecular flexibility index (Phi) is 4.61. The number of carboxylic acids is 1. The van der Waals surface area contributed by atoms with Gasteiger partial charge in [-0.25, -0.2) is 0 Å². The standard InChI is InChI=1S/C14H23NO3/c16-13(3-1-2-4-14(17)18)15(9-11-5-6-11)10-12-7-8-12/h11-12H,1-10H2,(H,17,18). The van der Waals surface area contributed by atoms with Crippen molar-refractivity contribution in [1.82, 2.24) is 4.90 Å². The molecule has 0 heterocycles. The van der Waals surface area contributed by atoms with E-state index in [0.29, 0.717) is 19.3 Å². The highest BCUT2D eigenvalue weighted by atomic mass is 16.4. The van der Waals surface area contributed by atoms with Crippen LogP contribution in [0.5, 0.6) is 0 Å². The smallest absolute Gasteiger partial charge is 0.303 e. The highest BCUT2D eigenvalue weighted by Gasteiger charge is 2.31. The number of rotatable bonds is 9. The van der Waals surface area contributed by atoms with Crippen molar-refractivity contribution in [2.24, 2.45) is 11.8 Å². The number of carbonyl (C=O) groups is 2. The minimum atomic E-state index is -0.768. The van der Waals surface area contributed by atoms with Gasteiger partial charge in [-0.05, 0) is 50.4 Å². The summed E-state index contributed by atoms with van der Waals surface area (Å²) >= 11 is 0. The van der Waals surface area contributed by atoms with E-state index in [-0.39, 0.29) is 12.3 Å². The maximum Gasteiger partial charge on any atom is 0.303 e. The van der Waals surface area contributed by atoms with Gasteiger partial charge in [0.1, 0.15) is 0 Å². The van der Waals surface area contributed by atoms with E-state index in [1.54, 1.807) is 0 Å². The molecular weight excluding hydrogens is 230 g/mol. The molecule has 18 heavy (non-hydrogen) atoms. The minimum Gasteiger partial charge on any atom is -0.481 e. The Morgan fingerprint density at radius 1 is 0.944 bits per heavy atom. The van der Waals surface area contributed by atoms with E-state index < -0.39 is 5.97 Å². The Morgan fingerprint density at radius 2 is 1.44 bits per heavy atom. The molecule has 0 aliphatic heterocycles. The van der Waals surface area contributed by atoms with Crippen molar-refractivity contribution in [3.05, 3.63) is 0 Å². The SMILES string of the molecule is O=C(O)CCCCC(=O)N(CC1CC1)CC1CC1. The summed E-state index contributed by atoms with van der Waals surface area (Å²) in [5.74, 6) is 0.952. The summed E-state index contributed by atoms with van der Waals surface area (Å²) in [5, 5.41) is 8.55. The zero-order chi connectivity index (χ0) is 13.0. The van der Waals surface area contributed by atoms with Crippen LogP contribution in [0.25, 0.3) is 0 Å². The molecule has 0 unspecified atom stereocenters. The molecule has 0 aromatic heterocycles. The molecule has 4 heteroatoms. The van der Waals surface area contributed by atoms with E-state index in [1.807, 2.05) is 4.90 Å². The summed E-state index contributed by atoms with van der Waals surface area (Å²) in [6.45, 7) is 1.88. The fourth-order valence-electron chi connectivity index (χ4n) is 2.21. The van der Waals surface area contributed by atoms with Crippen LogP contribution in [0.4, 0.5) is 0 Å². The summed E-state index contributed by atoms with van der Waals surface area (Å²) in [5.41, 5.74) is 0. The quantitative estimate of drug-likeness (QED) is 0.641. The van der Waals surface area contributed by atoms with E-state index in [0.717, 1.165) is 24.9 Å². The second-order valence-electron chi connectivity index (χ2n) is 5.79. The first-order valence-electron chi connectivity index (χ1n) is 7.14. The number of hydrogen-bond acceptors (Lipinski definition) is 2. The number of amides is 1. The number of aliphatic carboxylic acids is 1. The normalized spacial score (nSPS) is 18.7. The highest BCUT2D eigenvalue weighted by molar-refractivity contribution is 5.76. The summed E-state index contributed by atoms with van der Waals surface area (Å²) in [6, 6.07) is 0. The van der Waals surface area contributed by atoms with Crippen LogP contribution < -0.4 is 0 Å². The monoisotopic (exact) mass is 253 g/mol. The second-order valence-corrected chi connectivity index (χ2v) is 5.79. The van der Waals surface area contributed by atoms with Crippen molar-refractivity contribution in [2.75, 3.05) is 13.1 Å². The summed E-state index contributed by atoms with van der Waals surface area (Å²) in [4.78, 5) is 24.5. The molecule has 4 nitrogen and oxygen atoms in total. The van der Waals surface area contributed by atoms with Gasteiger partial charge in [-0.15, -0.1) is 0 Å². The van der Waals surface area contributed by atoms with Gasteiger partial charge in [-0.3, -0.25) is 9.59 Å². The topological polar surface area (TPSA) is 57.6 Å². The molecule has 0 radical (unpaired) electrons. The number of nitrogens with zero attached hydrogens (tertiary/aromatic N) is 1. The van der Waals surface area contributed by atoms with Crippen molar-refractivity contribution in [1.29, 1.82) is 0 Å². The number of hydrogen-bond donors (Lipinski definition) is 1. The molecule has 1 amide bonds. The summed E-state index contributed by atoms with van der Waals surface area (Å²) < 4.78 is 0. The molecule has 0 aromatic rings.